The number of ether oxygens (including phenoxy) is 2. The second-order valence-electron chi connectivity index (χ2n) is 8.95. The minimum atomic E-state index is -1.90. The van der Waals surface area contributed by atoms with Crippen LogP contribution in [0.5, 0.6) is 0 Å². The number of rotatable bonds is 6. The van der Waals surface area contributed by atoms with Crippen molar-refractivity contribution in [3.8, 4) is 0 Å². The molecule has 0 spiro atoms. The Morgan fingerprint density at radius 3 is 2.32 bits per heavy atom. The molecule has 0 aromatic heterocycles. The van der Waals surface area contributed by atoms with Gasteiger partial charge in [0.1, 0.15) is 6.10 Å². The van der Waals surface area contributed by atoms with Crippen LogP contribution in [0.25, 0.3) is 0 Å². The van der Waals surface area contributed by atoms with Crippen LogP contribution in [0.15, 0.2) is 30.3 Å². The van der Waals surface area contributed by atoms with Crippen molar-refractivity contribution in [2.45, 2.75) is 71.6 Å². The lowest BCUT2D eigenvalue weighted by molar-refractivity contribution is -0.148. The predicted molar refractivity (Wildman–Crippen MR) is 102 cm³/mol. The van der Waals surface area contributed by atoms with E-state index in [-0.39, 0.29) is 23.2 Å². The Labute approximate surface area is 153 Å². The topological polar surface area (TPSA) is 44.8 Å². The van der Waals surface area contributed by atoms with Gasteiger partial charge in [0.2, 0.25) is 0 Å². The summed E-state index contributed by atoms with van der Waals surface area (Å²) in [5.41, 5.74) is 0.415. The SMILES string of the molecule is CC1(C)C(=O)O[C@H](CO[Si](C)(C)C(C)(C)C)[C@@H]1OCc1ccccc1. The Hall–Kier alpha value is -1.17. The molecule has 0 aliphatic carbocycles. The van der Waals surface area contributed by atoms with Crippen molar-refractivity contribution >= 4 is 14.3 Å². The van der Waals surface area contributed by atoms with Gasteiger partial charge in [-0.25, -0.2) is 0 Å². The first kappa shape index (κ1) is 20.1. The van der Waals surface area contributed by atoms with Crippen molar-refractivity contribution in [2.75, 3.05) is 6.61 Å². The lowest BCUT2D eigenvalue weighted by atomic mass is 9.86. The molecule has 2 rings (SSSR count). The summed E-state index contributed by atoms with van der Waals surface area (Å²) < 4.78 is 18.0. The molecule has 0 amide bonds. The smallest absolute Gasteiger partial charge is 0.314 e. The first-order valence-corrected chi connectivity index (χ1v) is 11.9. The minimum Gasteiger partial charge on any atom is -0.457 e. The van der Waals surface area contributed by atoms with Crippen molar-refractivity contribution in [2.24, 2.45) is 5.41 Å². The van der Waals surface area contributed by atoms with Crippen LogP contribution < -0.4 is 0 Å². The van der Waals surface area contributed by atoms with Crippen molar-refractivity contribution < 1.29 is 18.7 Å². The van der Waals surface area contributed by atoms with Gasteiger partial charge < -0.3 is 13.9 Å². The zero-order chi connectivity index (χ0) is 18.9. The Balaban J connectivity index is 2.06. The lowest BCUT2D eigenvalue weighted by Gasteiger charge is -2.37. The Bertz CT molecular complexity index is 589. The number of benzene rings is 1. The fourth-order valence-corrected chi connectivity index (χ4v) is 3.65. The fourth-order valence-electron chi connectivity index (χ4n) is 2.64. The number of cyclic esters (lactones) is 1. The molecular formula is C20H32O4Si. The molecule has 0 radical (unpaired) electrons. The molecule has 1 heterocycles. The Kier molecular flexibility index (Phi) is 5.81. The number of carbonyl (C=O) groups excluding carboxylic acids is 1. The highest BCUT2D eigenvalue weighted by Gasteiger charge is 2.52. The molecule has 1 aromatic rings. The van der Waals surface area contributed by atoms with Crippen molar-refractivity contribution in [1.82, 2.24) is 0 Å². The number of hydrogen-bond acceptors (Lipinski definition) is 4. The van der Waals surface area contributed by atoms with E-state index in [0.717, 1.165) is 5.56 Å². The predicted octanol–water partition coefficient (Wildman–Crippen LogP) is 4.55. The number of hydrogen-bond donors (Lipinski definition) is 0. The van der Waals surface area contributed by atoms with Gasteiger partial charge in [0.15, 0.2) is 14.4 Å². The lowest BCUT2D eigenvalue weighted by Crippen LogP contribution is -2.45. The van der Waals surface area contributed by atoms with E-state index in [9.17, 15) is 4.79 Å². The standard InChI is InChI=1S/C20H32O4Si/c1-19(2,3)25(6,7)23-14-16-17(20(4,5)18(21)24-16)22-13-15-11-9-8-10-12-15/h8-12,16-17H,13-14H2,1-7H3/t16-,17+/m1/s1. The van der Waals surface area contributed by atoms with Crippen LogP contribution in [-0.2, 0) is 25.3 Å². The van der Waals surface area contributed by atoms with E-state index in [0.29, 0.717) is 13.2 Å². The number of esters is 1. The molecule has 0 saturated carbocycles. The second kappa shape index (κ2) is 7.21. The maximum absolute atomic E-state index is 12.3. The third-order valence-corrected chi connectivity index (χ3v) is 10.0. The maximum Gasteiger partial charge on any atom is 0.314 e. The largest absolute Gasteiger partial charge is 0.457 e. The molecule has 1 saturated heterocycles. The van der Waals surface area contributed by atoms with Gasteiger partial charge >= 0.3 is 5.97 Å². The van der Waals surface area contributed by atoms with Crippen LogP contribution in [-0.4, -0.2) is 33.1 Å². The van der Waals surface area contributed by atoms with E-state index in [1.807, 2.05) is 44.2 Å². The summed E-state index contributed by atoms with van der Waals surface area (Å²) in [5.74, 6) is -0.214. The Morgan fingerprint density at radius 2 is 1.76 bits per heavy atom. The van der Waals surface area contributed by atoms with Crippen molar-refractivity contribution in [3.05, 3.63) is 35.9 Å². The van der Waals surface area contributed by atoms with E-state index < -0.39 is 13.7 Å². The molecule has 0 unspecified atom stereocenters. The summed E-state index contributed by atoms with van der Waals surface area (Å²) in [4.78, 5) is 12.3. The molecular weight excluding hydrogens is 332 g/mol. The molecule has 140 valence electrons. The summed E-state index contributed by atoms with van der Waals surface area (Å²) in [5, 5.41) is 0.117. The fraction of sp³-hybridized carbons (Fsp3) is 0.650. The van der Waals surface area contributed by atoms with Crippen LogP contribution in [0, 0.1) is 5.41 Å². The summed E-state index contributed by atoms with van der Waals surface area (Å²) in [6, 6.07) is 9.99. The van der Waals surface area contributed by atoms with Crippen LogP contribution in [0.3, 0.4) is 0 Å². The monoisotopic (exact) mass is 364 g/mol. The quantitative estimate of drug-likeness (QED) is 0.549. The molecule has 2 atom stereocenters. The zero-order valence-corrected chi connectivity index (χ0v) is 17.6. The molecule has 1 fully saturated rings. The maximum atomic E-state index is 12.3. The van der Waals surface area contributed by atoms with Gasteiger partial charge in [0.25, 0.3) is 0 Å². The summed E-state index contributed by atoms with van der Waals surface area (Å²) in [6.07, 6.45) is -0.676. The molecule has 0 bridgehead atoms. The van der Waals surface area contributed by atoms with Crippen molar-refractivity contribution in [3.63, 3.8) is 0 Å². The first-order valence-electron chi connectivity index (χ1n) is 8.96. The summed E-state index contributed by atoms with van der Waals surface area (Å²) in [7, 11) is -1.90. The third-order valence-electron chi connectivity index (χ3n) is 5.52. The molecule has 1 aromatic carbocycles. The average Bonchev–Trinajstić information content (AvgIpc) is 2.73. The van der Waals surface area contributed by atoms with Crippen LogP contribution >= 0.6 is 0 Å². The molecule has 1 aliphatic rings. The van der Waals surface area contributed by atoms with Crippen LogP contribution in [0.4, 0.5) is 0 Å². The van der Waals surface area contributed by atoms with Gasteiger partial charge in [-0.15, -0.1) is 0 Å². The van der Waals surface area contributed by atoms with Crippen LogP contribution in [0.1, 0.15) is 40.2 Å². The molecule has 0 N–H and O–H groups in total. The van der Waals surface area contributed by atoms with Gasteiger partial charge in [-0.1, -0.05) is 51.1 Å². The van der Waals surface area contributed by atoms with Crippen LogP contribution in [0.2, 0.25) is 18.1 Å². The average molecular weight is 365 g/mol. The molecule has 25 heavy (non-hydrogen) atoms. The van der Waals surface area contributed by atoms with Gasteiger partial charge in [-0.05, 0) is 37.5 Å². The zero-order valence-electron chi connectivity index (χ0n) is 16.6. The van der Waals surface area contributed by atoms with Crippen molar-refractivity contribution in [1.29, 1.82) is 0 Å². The number of carbonyl (C=O) groups is 1. The minimum absolute atomic E-state index is 0.117. The summed E-state index contributed by atoms with van der Waals surface area (Å²) >= 11 is 0. The first-order chi connectivity index (χ1) is 11.4. The third kappa shape index (κ3) is 4.52. The van der Waals surface area contributed by atoms with E-state index in [1.165, 1.54) is 0 Å². The molecule has 1 aliphatic heterocycles. The van der Waals surface area contributed by atoms with E-state index in [4.69, 9.17) is 13.9 Å². The van der Waals surface area contributed by atoms with Gasteiger partial charge in [0, 0.05) is 0 Å². The van der Waals surface area contributed by atoms with Gasteiger partial charge in [-0.3, -0.25) is 4.79 Å². The van der Waals surface area contributed by atoms with Gasteiger partial charge in [-0.2, -0.15) is 0 Å². The summed E-state index contributed by atoms with van der Waals surface area (Å²) in [6.45, 7) is 15.6. The molecule has 4 nitrogen and oxygen atoms in total. The molecule has 5 heteroatoms. The highest BCUT2D eigenvalue weighted by Crippen LogP contribution is 2.40. The normalized spacial score (nSPS) is 23.6. The van der Waals surface area contributed by atoms with E-state index in [2.05, 4.69) is 33.9 Å². The van der Waals surface area contributed by atoms with E-state index in [1.54, 1.807) is 0 Å². The highest BCUT2D eigenvalue weighted by molar-refractivity contribution is 6.74. The second-order valence-corrected chi connectivity index (χ2v) is 13.8. The Morgan fingerprint density at radius 1 is 1.16 bits per heavy atom. The van der Waals surface area contributed by atoms with E-state index >= 15 is 0 Å². The highest BCUT2D eigenvalue weighted by atomic mass is 28.4. The van der Waals surface area contributed by atoms with Gasteiger partial charge in [0.05, 0.1) is 18.6 Å².